The standard InChI is InChI=1S/C10H18N2O3S/c1-11-5-7-12(8-6-11)16(14,15)10(9-13)3-2-4-10/h9H,2-8H2,1H3. The van der Waals surface area contributed by atoms with Gasteiger partial charge in [0.2, 0.25) is 10.0 Å². The fourth-order valence-corrected chi connectivity index (χ4v) is 4.33. The predicted molar refractivity (Wildman–Crippen MR) is 60.6 cm³/mol. The van der Waals surface area contributed by atoms with E-state index in [2.05, 4.69) is 4.90 Å². The van der Waals surface area contributed by atoms with Crippen molar-refractivity contribution in [3.05, 3.63) is 0 Å². The summed E-state index contributed by atoms with van der Waals surface area (Å²) in [5, 5.41) is 0. The molecule has 0 aromatic heterocycles. The Morgan fingerprint density at radius 1 is 1.12 bits per heavy atom. The van der Waals surface area contributed by atoms with E-state index in [0.717, 1.165) is 19.5 Å². The molecule has 1 aliphatic heterocycles. The lowest BCUT2D eigenvalue weighted by atomic mass is 9.86. The van der Waals surface area contributed by atoms with Crippen molar-refractivity contribution >= 4 is 16.3 Å². The topological polar surface area (TPSA) is 57.7 Å². The highest BCUT2D eigenvalue weighted by Gasteiger charge is 2.51. The van der Waals surface area contributed by atoms with Crippen LogP contribution in [-0.4, -0.2) is 61.9 Å². The number of sulfonamides is 1. The van der Waals surface area contributed by atoms with Crippen molar-refractivity contribution in [1.29, 1.82) is 0 Å². The Morgan fingerprint density at radius 3 is 2.06 bits per heavy atom. The Labute approximate surface area is 96.5 Å². The van der Waals surface area contributed by atoms with Crippen LogP contribution in [0.2, 0.25) is 0 Å². The van der Waals surface area contributed by atoms with Crippen molar-refractivity contribution in [2.75, 3.05) is 33.2 Å². The number of hydrogen-bond donors (Lipinski definition) is 0. The summed E-state index contributed by atoms with van der Waals surface area (Å²) < 4.78 is 25.0. The van der Waals surface area contributed by atoms with E-state index >= 15 is 0 Å². The van der Waals surface area contributed by atoms with E-state index in [4.69, 9.17) is 0 Å². The molecule has 0 N–H and O–H groups in total. The molecular weight excluding hydrogens is 228 g/mol. The zero-order valence-corrected chi connectivity index (χ0v) is 10.4. The number of hydrogen-bond acceptors (Lipinski definition) is 4. The third kappa shape index (κ3) is 1.69. The minimum Gasteiger partial charge on any atom is -0.304 e. The van der Waals surface area contributed by atoms with Gasteiger partial charge in [0.25, 0.3) is 0 Å². The van der Waals surface area contributed by atoms with Crippen LogP contribution in [0, 0.1) is 0 Å². The number of carbonyl (C=O) groups excluding carboxylic acids is 1. The van der Waals surface area contributed by atoms with Gasteiger partial charge in [0.15, 0.2) is 0 Å². The molecule has 0 aromatic rings. The van der Waals surface area contributed by atoms with Crippen LogP contribution in [0.25, 0.3) is 0 Å². The molecule has 0 spiro atoms. The molecule has 0 unspecified atom stereocenters. The summed E-state index contributed by atoms with van der Waals surface area (Å²) in [5.41, 5.74) is 0. The monoisotopic (exact) mass is 246 g/mol. The first kappa shape index (κ1) is 12.0. The normalized spacial score (nSPS) is 27.3. The van der Waals surface area contributed by atoms with Gasteiger partial charge >= 0.3 is 0 Å². The number of piperazine rings is 1. The smallest absolute Gasteiger partial charge is 0.226 e. The Bertz CT molecular complexity index is 368. The van der Waals surface area contributed by atoms with Crippen molar-refractivity contribution < 1.29 is 13.2 Å². The number of rotatable bonds is 3. The highest BCUT2D eigenvalue weighted by Crippen LogP contribution is 2.39. The number of carbonyl (C=O) groups is 1. The van der Waals surface area contributed by atoms with Crippen LogP contribution in [0.1, 0.15) is 19.3 Å². The molecular formula is C10H18N2O3S. The minimum absolute atomic E-state index is 0.491. The molecule has 0 aromatic carbocycles. The highest BCUT2D eigenvalue weighted by molar-refractivity contribution is 7.91. The molecule has 1 saturated heterocycles. The maximum Gasteiger partial charge on any atom is 0.226 e. The summed E-state index contributed by atoms with van der Waals surface area (Å²) >= 11 is 0. The van der Waals surface area contributed by atoms with Crippen molar-refractivity contribution in [2.45, 2.75) is 24.0 Å². The first-order valence-corrected chi connectivity index (χ1v) is 7.10. The zero-order valence-electron chi connectivity index (χ0n) is 9.55. The summed E-state index contributed by atoms with van der Waals surface area (Å²) in [7, 11) is -1.45. The average Bonchev–Trinajstić information content (AvgIpc) is 2.17. The van der Waals surface area contributed by atoms with Gasteiger partial charge in [-0.05, 0) is 26.3 Å². The maximum absolute atomic E-state index is 12.3. The molecule has 6 heteroatoms. The molecule has 1 aliphatic carbocycles. The van der Waals surface area contributed by atoms with Crippen LogP contribution in [0.4, 0.5) is 0 Å². The SMILES string of the molecule is CN1CCN(S(=O)(=O)C2(C=O)CCC2)CC1. The molecule has 16 heavy (non-hydrogen) atoms. The highest BCUT2D eigenvalue weighted by atomic mass is 32.2. The van der Waals surface area contributed by atoms with E-state index in [1.54, 1.807) is 0 Å². The molecule has 2 rings (SSSR count). The Morgan fingerprint density at radius 2 is 1.69 bits per heavy atom. The van der Waals surface area contributed by atoms with E-state index in [9.17, 15) is 13.2 Å². The molecule has 0 radical (unpaired) electrons. The summed E-state index contributed by atoms with van der Waals surface area (Å²) in [4.78, 5) is 13.1. The van der Waals surface area contributed by atoms with Gasteiger partial charge in [0.1, 0.15) is 11.0 Å². The first-order chi connectivity index (χ1) is 7.52. The van der Waals surface area contributed by atoms with Gasteiger partial charge in [0, 0.05) is 26.2 Å². The van der Waals surface area contributed by atoms with Crippen molar-refractivity contribution in [2.24, 2.45) is 0 Å². The molecule has 0 atom stereocenters. The average molecular weight is 246 g/mol. The second kappa shape index (κ2) is 4.09. The molecule has 0 amide bonds. The molecule has 2 aliphatic rings. The van der Waals surface area contributed by atoms with Crippen LogP contribution in [0.3, 0.4) is 0 Å². The Kier molecular flexibility index (Phi) is 3.07. The molecule has 1 saturated carbocycles. The van der Waals surface area contributed by atoms with Gasteiger partial charge in [-0.15, -0.1) is 0 Å². The third-order valence-electron chi connectivity index (χ3n) is 3.73. The summed E-state index contributed by atoms with van der Waals surface area (Å²) in [6, 6.07) is 0. The number of aldehydes is 1. The fraction of sp³-hybridized carbons (Fsp3) is 0.900. The second-order valence-electron chi connectivity index (χ2n) is 4.74. The maximum atomic E-state index is 12.3. The number of nitrogens with zero attached hydrogens (tertiary/aromatic N) is 2. The largest absolute Gasteiger partial charge is 0.304 e. The van der Waals surface area contributed by atoms with Gasteiger partial charge < -0.3 is 9.69 Å². The van der Waals surface area contributed by atoms with Gasteiger partial charge in [-0.3, -0.25) is 0 Å². The van der Waals surface area contributed by atoms with E-state index < -0.39 is 14.8 Å². The van der Waals surface area contributed by atoms with Gasteiger partial charge in [0.05, 0.1) is 0 Å². The molecule has 2 fully saturated rings. The van der Waals surface area contributed by atoms with Gasteiger partial charge in [-0.1, -0.05) is 0 Å². The lowest BCUT2D eigenvalue weighted by Gasteiger charge is -2.42. The van der Waals surface area contributed by atoms with Gasteiger partial charge in [-0.25, -0.2) is 8.42 Å². The lowest BCUT2D eigenvalue weighted by molar-refractivity contribution is -0.111. The summed E-state index contributed by atoms with van der Waals surface area (Å²) in [6.07, 6.45) is 2.46. The zero-order chi connectivity index (χ0) is 11.8. The van der Waals surface area contributed by atoms with E-state index in [-0.39, 0.29) is 0 Å². The first-order valence-electron chi connectivity index (χ1n) is 5.66. The number of likely N-dealkylation sites (N-methyl/N-ethyl adjacent to an activating group) is 1. The minimum atomic E-state index is -3.42. The predicted octanol–water partition coefficient (Wildman–Crippen LogP) is -0.315. The van der Waals surface area contributed by atoms with Crippen molar-refractivity contribution in [3.63, 3.8) is 0 Å². The Balaban J connectivity index is 2.16. The van der Waals surface area contributed by atoms with Crippen LogP contribution in [-0.2, 0) is 14.8 Å². The molecule has 5 nitrogen and oxygen atoms in total. The Hall–Kier alpha value is -0.460. The van der Waals surface area contributed by atoms with Crippen LogP contribution < -0.4 is 0 Å². The van der Waals surface area contributed by atoms with Crippen molar-refractivity contribution in [1.82, 2.24) is 9.21 Å². The molecule has 1 heterocycles. The van der Waals surface area contributed by atoms with E-state index in [0.29, 0.717) is 32.2 Å². The quantitative estimate of drug-likeness (QED) is 0.641. The van der Waals surface area contributed by atoms with Crippen LogP contribution >= 0.6 is 0 Å². The molecule has 92 valence electrons. The second-order valence-corrected chi connectivity index (χ2v) is 7.02. The third-order valence-corrected chi connectivity index (χ3v) is 6.31. The van der Waals surface area contributed by atoms with Crippen LogP contribution in [0.15, 0.2) is 0 Å². The molecule has 0 bridgehead atoms. The summed E-state index contributed by atoms with van der Waals surface area (Å²) in [6.45, 7) is 2.51. The van der Waals surface area contributed by atoms with Crippen LogP contribution in [0.5, 0.6) is 0 Å². The summed E-state index contributed by atoms with van der Waals surface area (Å²) in [5.74, 6) is 0. The van der Waals surface area contributed by atoms with E-state index in [1.165, 1.54) is 4.31 Å². The van der Waals surface area contributed by atoms with Crippen molar-refractivity contribution in [3.8, 4) is 0 Å². The fourth-order valence-electron chi connectivity index (χ4n) is 2.25. The van der Waals surface area contributed by atoms with Gasteiger partial charge in [-0.2, -0.15) is 4.31 Å². The van der Waals surface area contributed by atoms with E-state index in [1.807, 2.05) is 7.05 Å². The lowest BCUT2D eigenvalue weighted by Crippen LogP contribution is -2.57.